The summed E-state index contributed by atoms with van der Waals surface area (Å²) in [5.74, 6) is -2.15. The molecule has 0 fully saturated rings. The number of carbonyl (C=O) groups excluding carboxylic acids is 1. The van der Waals surface area contributed by atoms with Crippen LogP contribution in [-0.4, -0.2) is 24.3 Å². The second kappa shape index (κ2) is 10.9. The minimum atomic E-state index is -4.58. The third kappa shape index (κ3) is 9.28. The molecule has 0 aliphatic rings. The predicted octanol–water partition coefficient (Wildman–Crippen LogP) is 4.58. The number of alkyl halides is 3. The monoisotopic (exact) mass is 325 g/mol. The zero-order valence-electron chi connectivity index (χ0n) is 13.9. The average molecular weight is 325 g/mol. The van der Waals surface area contributed by atoms with Crippen LogP contribution >= 0.6 is 0 Å². The van der Waals surface area contributed by atoms with Gasteiger partial charge in [-0.15, -0.1) is 0 Å². The lowest BCUT2D eigenvalue weighted by Gasteiger charge is -2.25. The second-order valence-corrected chi connectivity index (χ2v) is 6.07. The molecule has 0 unspecified atom stereocenters. The molecule has 0 spiro atoms. The lowest BCUT2D eigenvalue weighted by molar-refractivity contribution is -0.179. The maximum Gasteiger partial charge on any atom is 0.404 e. The number of unbranched alkanes of at least 4 members (excludes halogenated alkanes) is 6. The maximum absolute atomic E-state index is 12.8. The van der Waals surface area contributed by atoms with Crippen molar-refractivity contribution in [2.45, 2.75) is 90.5 Å². The Labute approximate surface area is 131 Å². The van der Waals surface area contributed by atoms with Gasteiger partial charge >= 0.3 is 12.1 Å². The fraction of sp³-hybridized carbons (Fsp3) is 0.938. The molecule has 0 bridgehead atoms. The molecule has 3 nitrogen and oxygen atoms in total. The first kappa shape index (κ1) is 21.2. The number of esters is 1. The van der Waals surface area contributed by atoms with E-state index >= 15 is 0 Å². The number of rotatable bonds is 11. The van der Waals surface area contributed by atoms with Crippen molar-refractivity contribution in [3.63, 3.8) is 0 Å². The summed E-state index contributed by atoms with van der Waals surface area (Å²) in [6.45, 7) is 5.35. The van der Waals surface area contributed by atoms with Gasteiger partial charge in [-0.05, 0) is 20.3 Å². The molecule has 0 saturated carbocycles. The molecule has 0 heterocycles. The van der Waals surface area contributed by atoms with E-state index in [9.17, 15) is 18.0 Å². The van der Waals surface area contributed by atoms with Gasteiger partial charge in [0.05, 0.1) is 12.0 Å². The molecular formula is C16H30F3NO2. The summed E-state index contributed by atoms with van der Waals surface area (Å²) in [7, 11) is 0. The SMILES string of the molecule is CCCCCCCCC[C@H](C(=O)OC(C)C)[C@H](N)C(F)(F)F. The molecule has 0 saturated heterocycles. The maximum atomic E-state index is 12.8. The van der Waals surface area contributed by atoms with Crippen LogP contribution in [0.4, 0.5) is 13.2 Å². The lowest BCUT2D eigenvalue weighted by Crippen LogP contribution is -2.47. The highest BCUT2D eigenvalue weighted by Gasteiger charge is 2.45. The van der Waals surface area contributed by atoms with Gasteiger partial charge in [0.25, 0.3) is 0 Å². The summed E-state index contributed by atoms with van der Waals surface area (Å²) >= 11 is 0. The Morgan fingerprint density at radius 2 is 1.55 bits per heavy atom. The summed E-state index contributed by atoms with van der Waals surface area (Å²) in [5.41, 5.74) is 5.23. The Morgan fingerprint density at radius 1 is 1.05 bits per heavy atom. The number of nitrogens with two attached hydrogens (primary N) is 1. The van der Waals surface area contributed by atoms with E-state index in [1.807, 2.05) is 0 Å². The summed E-state index contributed by atoms with van der Waals surface area (Å²) in [6, 6.07) is -2.15. The van der Waals surface area contributed by atoms with E-state index in [4.69, 9.17) is 10.5 Å². The predicted molar refractivity (Wildman–Crippen MR) is 81.4 cm³/mol. The van der Waals surface area contributed by atoms with Crippen molar-refractivity contribution in [3.05, 3.63) is 0 Å². The lowest BCUT2D eigenvalue weighted by atomic mass is 9.93. The first-order chi connectivity index (χ1) is 10.2. The molecule has 132 valence electrons. The van der Waals surface area contributed by atoms with Gasteiger partial charge in [0.15, 0.2) is 0 Å². The molecule has 0 aromatic rings. The fourth-order valence-corrected chi connectivity index (χ4v) is 2.31. The Kier molecular flexibility index (Phi) is 10.5. The first-order valence-corrected chi connectivity index (χ1v) is 8.22. The summed E-state index contributed by atoms with van der Waals surface area (Å²) in [6.07, 6.45) is 2.04. The standard InChI is InChI=1S/C16H30F3NO2/c1-4-5-6-7-8-9-10-11-13(14(20)16(17,18)19)15(21)22-12(2)3/h12-14H,4-11,20H2,1-3H3/t13-,14-/m0/s1. The van der Waals surface area contributed by atoms with Crippen molar-refractivity contribution >= 4 is 5.97 Å². The van der Waals surface area contributed by atoms with Crippen LogP contribution < -0.4 is 5.73 Å². The van der Waals surface area contributed by atoms with E-state index in [1.165, 1.54) is 6.42 Å². The Morgan fingerprint density at radius 3 is 2.00 bits per heavy atom. The second-order valence-electron chi connectivity index (χ2n) is 6.07. The van der Waals surface area contributed by atoms with Gasteiger partial charge in [0.2, 0.25) is 0 Å². The van der Waals surface area contributed by atoms with Gasteiger partial charge in [0, 0.05) is 0 Å². The highest BCUT2D eigenvalue weighted by atomic mass is 19.4. The Balaban J connectivity index is 4.33. The summed E-state index contributed by atoms with van der Waals surface area (Å²) < 4.78 is 43.3. The molecule has 0 aromatic heterocycles. The van der Waals surface area contributed by atoms with Crippen LogP contribution in [0.25, 0.3) is 0 Å². The quantitative estimate of drug-likeness (QED) is 0.447. The number of carbonyl (C=O) groups is 1. The van der Waals surface area contributed by atoms with Crippen LogP contribution in [-0.2, 0) is 9.53 Å². The molecule has 0 rings (SSSR count). The fourth-order valence-electron chi connectivity index (χ4n) is 2.31. The normalized spacial score (nSPS) is 14.9. The number of hydrogen-bond donors (Lipinski definition) is 1. The van der Waals surface area contributed by atoms with E-state index in [2.05, 4.69) is 6.92 Å². The minimum Gasteiger partial charge on any atom is -0.463 e. The van der Waals surface area contributed by atoms with Gasteiger partial charge < -0.3 is 10.5 Å². The van der Waals surface area contributed by atoms with Crippen molar-refractivity contribution in [1.29, 1.82) is 0 Å². The molecule has 0 aliphatic heterocycles. The zero-order chi connectivity index (χ0) is 17.2. The zero-order valence-corrected chi connectivity index (χ0v) is 13.9. The van der Waals surface area contributed by atoms with Gasteiger partial charge in [0.1, 0.15) is 6.04 Å². The molecule has 0 aliphatic carbocycles. The van der Waals surface area contributed by atoms with Crippen LogP contribution in [0.5, 0.6) is 0 Å². The van der Waals surface area contributed by atoms with Gasteiger partial charge in [-0.3, -0.25) is 4.79 Å². The largest absolute Gasteiger partial charge is 0.463 e. The topological polar surface area (TPSA) is 52.3 Å². The molecule has 2 atom stereocenters. The third-order valence-electron chi connectivity index (χ3n) is 3.58. The Bertz CT molecular complexity index is 306. The van der Waals surface area contributed by atoms with Crippen LogP contribution in [0.15, 0.2) is 0 Å². The molecule has 0 amide bonds. The van der Waals surface area contributed by atoms with Crippen molar-refractivity contribution in [2.24, 2.45) is 11.7 Å². The van der Waals surface area contributed by atoms with E-state index in [0.717, 1.165) is 32.1 Å². The van der Waals surface area contributed by atoms with Gasteiger partial charge in [-0.1, -0.05) is 51.9 Å². The number of ether oxygens (including phenoxy) is 1. The van der Waals surface area contributed by atoms with Crippen molar-refractivity contribution in [3.8, 4) is 0 Å². The number of hydrogen-bond acceptors (Lipinski definition) is 3. The average Bonchev–Trinajstić information content (AvgIpc) is 2.39. The van der Waals surface area contributed by atoms with E-state index in [-0.39, 0.29) is 6.42 Å². The van der Waals surface area contributed by atoms with E-state index in [0.29, 0.717) is 6.42 Å². The van der Waals surface area contributed by atoms with Crippen LogP contribution in [0.3, 0.4) is 0 Å². The van der Waals surface area contributed by atoms with E-state index < -0.39 is 30.2 Å². The molecule has 0 aromatic carbocycles. The molecular weight excluding hydrogens is 295 g/mol. The molecule has 6 heteroatoms. The molecule has 22 heavy (non-hydrogen) atoms. The highest BCUT2D eigenvalue weighted by Crippen LogP contribution is 2.28. The van der Waals surface area contributed by atoms with Crippen LogP contribution in [0.2, 0.25) is 0 Å². The first-order valence-electron chi connectivity index (χ1n) is 8.22. The molecule has 2 N–H and O–H groups in total. The highest BCUT2D eigenvalue weighted by molar-refractivity contribution is 5.73. The smallest absolute Gasteiger partial charge is 0.404 e. The van der Waals surface area contributed by atoms with Crippen LogP contribution in [0.1, 0.15) is 72.1 Å². The van der Waals surface area contributed by atoms with Crippen LogP contribution in [0, 0.1) is 5.92 Å². The van der Waals surface area contributed by atoms with Gasteiger partial charge in [-0.25, -0.2) is 0 Å². The van der Waals surface area contributed by atoms with Crippen molar-refractivity contribution in [1.82, 2.24) is 0 Å². The Hall–Kier alpha value is -0.780. The van der Waals surface area contributed by atoms with E-state index in [1.54, 1.807) is 13.8 Å². The minimum absolute atomic E-state index is 0.125. The van der Waals surface area contributed by atoms with Gasteiger partial charge in [-0.2, -0.15) is 13.2 Å². The summed E-state index contributed by atoms with van der Waals surface area (Å²) in [4.78, 5) is 11.8. The summed E-state index contributed by atoms with van der Waals surface area (Å²) in [5, 5.41) is 0. The number of halogens is 3. The van der Waals surface area contributed by atoms with Crippen molar-refractivity contribution in [2.75, 3.05) is 0 Å². The van der Waals surface area contributed by atoms with Crippen molar-refractivity contribution < 1.29 is 22.7 Å². The third-order valence-corrected chi connectivity index (χ3v) is 3.58. The molecule has 0 radical (unpaired) electrons.